The summed E-state index contributed by atoms with van der Waals surface area (Å²) in [5.74, 6) is 1.48. The average Bonchev–Trinajstić information content (AvgIpc) is 2.79. The van der Waals surface area contributed by atoms with Gasteiger partial charge in [-0.1, -0.05) is 6.07 Å². The monoisotopic (exact) mass is 338 g/mol. The van der Waals surface area contributed by atoms with Crippen LogP contribution in [0.4, 0.5) is 5.69 Å². The van der Waals surface area contributed by atoms with Crippen LogP contribution in [-0.4, -0.2) is 29.7 Å². The smallest absolute Gasteiger partial charge is 0.263 e. The van der Waals surface area contributed by atoms with E-state index < -0.39 is 0 Å². The Hall–Kier alpha value is -2.17. The summed E-state index contributed by atoms with van der Waals surface area (Å²) in [4.78, 5) is 38.9. The molecule has 130 valence electrons. The van der Waals surface area contributed by atoms with E-state index >= 15 is 0 Å². The molecule has 0 spiro atoms. The molecule has 4 saturated carbocycles. The highest BCUT2D eigenvalue weighted by Gasteiger charge is 2.54. The zero-order valence-corrected chi connectivity index (χ0v) is 14.4. The molecule has 4 bridgehead atoms. The van der Waals surface area contributed by atoms with E-state index in [9.17, 15) is 14.4 Å². The van der Waals surface area contributed by atoms with E-state index in [2.05, 4.69) is 5.32 Å². The summed E-state index contributed by atoms with van der Waals surface area (Å²) in [6.07, 6.45) is 6.78. The molecule has 5 nitrogen and oxygen atoms in total. The molecule has 3 amide bonds. The average molecular weight is 338 g/mol. The Morgan fingerprint density at radius 1 is 1.04 bits per heavy atom. The SMILES string of the molecule is CN1C(=O)c2cccc(NC(=O)C34CC5CC(CC(C5)C3)C4)c2C1=O. The van der Waals surface area contributed by atoms with Crippen LogP contribution in [0.5, 0.6) is 0 Å². The molecule has 5 heteroatoms. The third-order valence-corrected chi connectivity index (χ3v) is 6.89. The number of anilines is 1. The molecule has 25 heavy (non-hydrogen) atoms. The van der Waals surface area contributed by atoms with Crippen molar-refractivity contribution in [3.63, 3.8) is 0 Å². The second kappa shape index (κ2) is 4.93. The molecule has 6 rings (SSSR count). The van der Waals surface area contributed by atoms with Crippen molar-refractivity contribution in [2.75, 3.05) is 12.4 Å². The Balaban J connectivity index is 1.47. The van der Waals surface area contributed by atoms with Crippen LogP contribution in [0.2, 0.25) is 0 Å². The zero-order valence-electron chi connectivity index (χ0n) is 14.4. The number of carbonyl (C=O) groups excluding carboxylic acids is 3. The summed E-state index contributed by atoms with van der Waals surface area (Å²) in [6.45, 7) is 0. The normalized spacial score (nSPS) is 35.2. The molecule has 0 aromatic heterocycles. The van der Waals surface area contributed by atoms with Gasteiger partial charge in [-0.25, -0.2) is 0 Å². The number of rotatable bonds is 2. The van der Waals surface area contributed by atoms with Gasteiger partial charge in [0.05, 0.1) is 22.2 Å². The minimum Gasteiger partial charge on any atom is -0.325 e. The maximum Gasteiger partial charge on any atom is 0.263 e. The van der Waals surface area contributed by atoms with Gasteiger partial charge in [0.2, 0.25) is 5.91 Å². The Morgan fingerprint density at radius 3 is 2.24 bits per heavy atom. The summed E-state index contributed by atoms with van der Waals surface area (Å²) < 4.78 is 0. The number of amides is 3. The van der Waals surface area contributed by atoms with Crippen molar-refractivity contribution >= 4 is 23.4 Å². The lowest BCUT2D eigenvalue weighted by Crippen LogP contribution is -2.51. The van der Waals surface area contributed by atoms with Crippen LogP contribution in [0.3, 0.4) is 0 Å². The van der Waals surface area contributed by atoms with E-state index in [4.69, 9.17) is 0 Å². The number of hydrogen-bond acceptors (Lipinski definition) is 3. The summed E-state index contributed by atoms with van der Waals surface area (Å²) in [5.41, 5.74) is 0.944. The van der Waals surface area contributed by atoms with E-state index in [1.165, 1.54) is 26.3 Å². The first-order valence-corrected chi connectivity index (χ1v) is 9.24. The molecule has 1 aromatic rings. The van der Waals surface area contributed by atoms with Crippen molar-refractivity contribution in [2.45, 2.75) is 38.5 Å². The number of fused-ring (bicyclic) bond motifs is 1. The Bertz CT molecular complexity index is 778. The van der Waals surface area contributed by atoms with E-state index in [0.29, 0.717) is 34.6 Å². The molecular formula is C20H22N2O3. The predicted molar refractivity (Wildman–Crippen MR) is 92.1 cm³/mol. The van der Waals surface area contributed by atoms with E-state index in [1.807, 2.05) is 0 Å². The zero-order chi connectivity index (χ0) is 17.3. The standard InChI is InChI=1S/C20H22N2O3/c1-22-17(23)14-3-2-4-15(16(14)18(22)24)21-19(25)20-8-11-5-12(9-20)7-13(6-11)10-20/h2-4,11-13H,5-10H2,1H3,(H,21,25). The minimum atomic E-state index is -0.332. The molecule has 1 aliphatic heterocycles. The quantitative estimate of drug-likeness (QED) is 0.843. The summed E-state index contributed by atoms with van der Waals surface area (Å²) >= 11 is 0. The Morgan fingerprint density at radius 2 is 1.64 bits per heavy atom. The van der Waals surface area contributed by atoms with Crippen molar-refractivity contribution in [1.29, 1.82) is 0 Å². The first kappa shape index (κ1) is 15.1. The van der Waals surface area contributed by atoms with Crippen LogP contribution >= 0.6 is 0 Å². The van der Waals surface area contributed by atoms with Gasteiger partial charge in [0.25, 0.3) is 11.8 Å². The highest BCUT2D eigenvalue weighted by Crippen LogP contribution is 2.60. The molecule has 0 saturated heterocycles. The molecule has 1 N–H and O–H groups in total. The van der Waals surface area contributed by atoms with Crippen LogP contribution in [-0.2, 0) is 4.79 Å². The number of nitrogens with one attached hydrogen (secondary N) is 1. The molecular weight excluding hydrogens is 316 g/mol. The van der Waals surface area contributed by atoms with E-state index in [0.717, 1.165) is 24.2 Å². The van der Waals surface area contributed by atoms with Crippen molar-refractivity contribution in [2.24, 2.45) is 23.2 Å². The van der Waals surface area contributed by atoms with Gasteiger partial charge in [-0.05, 0) is 68.4 Å². The van der Waals surface area contributed by atoms with Gasteiger partial charge >= 0.3 is 0 Å². The highest BCUT2D eigenvalue weighted by atomic mass is 16.2. The van der Waals surface area contributed by atoms with Crippen molar-refractivity contribution in [3.05, 3.63) is 29.3 Å². The van der Waals surface area contributed by atoms with Gasteiger partial charge in [0.1, 0.15) is 0 Å². The van der Waals surface area contributed by atoms with Gasteiger partial charge in [0.15, 0.2) is 0 Å². The summed E-state index contributed by atoms with van der Waals surface area (Å²) in [7, 11) is 1.48. The van der Waals surface area contributed by atoms with Gasteiger partial charge in [-0.15, -0.1) is 0 Å². The second-order valence-electron chi connectivity index (χ2n) is 8.55. The molecule has 5 aliphatic rings. The maximum absolute atomic E-state index is 13.2. The van der Waals surface area contributed by atoms with Crippen LogP contribution in [0, 0.1) is 23.2 Å². The van der Waals surface area contributed by atoms with Crippen molar-refractivity contribution < 1.29 is 14.4 Å². The Labute approximate surface area is 146 Å². The van der Waals surface area contributed by atoms with Gasteiger partial charge in [-0.2, -0.15) is 0 Å². The first-order valence-electron chi connectivity index (χ1n) is 9.24. The molecule has 1 aromatic carbocycles. The lowest BCUT2D eigenvalue weighted by Gasteiger charge is -2.55. The highest BCUT2D eigenvalue weighted by molar-refractivity contribution is 6.24. The van der Waals surface area contributed by atoms with Crippen LogP contribution in [0.25, 0.3) is 0 Å². The van der Waals surface area contributed by atoms with Gasteiger partial charge in [-0.3, -0.25) is 19.3 Å². The molecule has 0 atom stereocenters. The summed E-state index contributed by atoms with van der Waals surface area (Å²) in [6, 6.07) is 5.12. The second-order valence-corrected chi connectivity index (χ2v) is 8.55. The van der Waals surface area contributed by atoms with Crippen LogP contribution in [0.15, 0.2) is 18.2 Å². The number of benzene rings is 1. The number of hydrogen-bond donors (Lipinski definition) is 1. The lowest BCUT2D eigenvalue weighted by atomic mass is 9.49. The topological polar surface area (TPSA) is 66.5 Å². The van der Waals surface area contributed by atoms with Crippen LogP contribution < -0.4 is 5.32 Å². The predicted octanol–water partition coefficient (Wildman–Crippen LogP) is 3.07. The molecule has 0 unspecified atom stereocenters. The van der Waals surface area contributed by atoms with Crippen LogP contribution in [0.1, 0.15) is 59.2 Å². The fourth-order valence-electron chi connectivity index (χ4n) is 6.15. The summed E-state index contributed by atoms with van der Waals surface area (Å²) in [5, 5.41) is 3.03. The lowest BCUT2D eigenvalue weighted by molar-refractivity contribution is -0.140. The van der Waals surface area contributed by atoms with E-state index in [1.54, 1.807) is 18.2 Å². The molecule has 1 heterocycles. The molecule has 0 radical (unpaired) electrons. The van der Waals surface area contributed by atoms with Gasteiger partial charge < -0.3 is 5.32 Å². The Kier molecular flexibility index (Phi) is 2.98. The third kappa shape index (κ3) is 2.04. The molecule has 4 aliphatic carbocycles. The largest absolute Gasteiger partial charge is 0.325 e. The van der Waals surface area contributed by atoms with Crippen molar-refractivity contribution in [3.8, 4) is 0 Å². The first-order chi connectivity index (χ1) is 12.0. The van der Waals surface area contributed by atoms with Gasteiger partial charge in [0, 0.05) is 7.05 Å². The third-order valence-electron chi connectivity index (χ3n) is 6.89. The number of imide groups is 1. The number of carbonyl (C=O) groups is 3. The van der Waals surface area contributed by atoms with E-state index in [-0.39, 0.29) is 23.1 Å². The van der Waals surface area contributed by atoms with Crippen molar-refractivity contribution in [1.82, 2.24) is 4.90 Å². The number of nitrogens with zero attached hydrogens (tertiary/aromatic N) is 1. The fraction of sp³-hybridized carbons (Fsp3) is 0.550. The fourth-order valence-corrected chi connectivity index (χ4v) is 6.15. The minimum absolute atomic E-state index is 0.0507. The maximum atomic E-state index is 13.2. The molecule has 4 fully saturated rings.